The molecule has 0 aliphatic heterocycles. The fraction of sp³-hybridized carbons (Fsp3) is 0.381. The molecule has 0 saturated carbocycles. The van der Waals surface area contributed by atoms with Crippen LogP contribution in [0.3, 0.4) is 0 Å². The normalized spacial score (nSPS) is 14.5. The van der Waals surface area contributed by atoms with Crippen LogP contribution in [0.2, 0.25) is 5.02 Å². The van der Waals surface area contributed by atoms with E-state index in [2.05, 4.69) is 10.3 Å². The molecule has 0 bridgehead atoms. The van der Waals surface area contributed by atoms with E-state index in [1.807, 2.05) is 0 Å². The molecule has 1 aromatic carbocycles. The van der Waals surface area contributed by atoms with Crippen molar-refractivity contribution >= 4 is 44.7 Å². The first-order chi connectivity index (χ1) is 13.9. The molecule has 0 fully saturated rings. The van der Waals surface area contributed by atoms with Crippen molar-refractivity contribution < 1.29 is 9.53 Å². The molecule has 1 amide bonds. The van der Waals surface area contributed by atoms with Crippen LogP contribution in [0.25, 0.3) is 10.2 Å². The van der Waals surface area contributed by atoms with Gasteiger partial charge in [0.15, 0.2) is 0 Å². The van der Waals surface area contributed by atoms with Gasteiger partial charge in [-0.3, -0.25) is 14.2 Å². The summed E-state index contributed by atoms with van der Waals surface area (Å²) in [7, 11) is 1.52. The first-order valence-corrected chi connectivity index (χ1v) is 10.8. The number of carbonyl (C=O) groups excluding carboxylic acids is 1. The Hall–Kier alpha value is -2.38. The Morgan fingerprint density at radius 2 is 2.10 bits per heavy atom. The number of fused-ring (bicyclic) bond motifs is 3. The minimum atomic E-state index is -0.734. The Bertz CT molecular complexity index is 1170. The molecule has 0 spiro atoms. The van der Waals surface area contributed by atoms with Gasteiger partial charge in [-0.15, -0.1) is 11.3 Å². The number of thiophene rings is 1. The Morgan fingerprint density at radius 3 is 2.86 bits per heavy atom. The third-order valence-corrected chi connectivity index (χ3v) is 6.80. The van der Waals surface area contributed by atoms with E-state index in [9.17, 15) is 9.59 Å². The lowest BCUT2D eigenvalue weighted by atomic mass is 9.97. The average molecular weight is 432 g/mol. The van der Waals surface area contributed by atoms with Crippen LogP contribution in [0.4, 0.5) is 5.69 Å². The van der Waals surface area contributed by atoms with Gasteiger partial charge >= 0.3 is 0 Å². The van der Waals surface area contributed by atoms with Crippen LogP contribution >= 0.6 is 22.9 Å². The molecule has 1 unspecified atom stereocenters. The van der Waals surface area contributed by atoms with Gasteiger partial charge in [0.25, 0.3) is 5.56 Å². The van der Waals surface area contributed by atoms with Gasteiger partial charge in [-0.05, 0) is 63.3 Å². The molecule has 3 aromatic rings. The Morgan fingerprint density at radius 1 is 1.34 bits per heavy atom. The van der Waals surface area contributed by atoms with Gasteiger partial charge in [-0.1, -0.05) is 11.6 Å². The number of ether oxygens (including phenoxy) is 1. The minimum Gasteiger partial charge on any atom is -0.495 e. The molecule has 6 nitrogen and oxygen atoms in total. The minimum absolute atomic E-state index is 0.146. The quantitative estimate of drug-likeness (QED) is 0.659. The number of nitrogens with zero attached hydrogens (tertiary/aromatic N) is 2. The predicted octanol–water partition coefficient (Wildman–Crippen LogP) is 4.51. The van der Waals surface area contributed by atoms with Gasteiger partial charge < -0.3 is 10.1 Å². The second-order valence-corrected chi connectivity index (χ2v) is 8.76. The smallest absolute Gasteiger partial charge is 0.263 e. The zero-order valence-corrected chi connectivity index (χ0v) is 18.1. The van der Waals surface area contributed by atoms with Crippen molar-refractivity contribution in [1.82, 2.24) is 9.55 Å². The molecule has 0 radical (unpaired) electrons. The van der Waals surface area contributed by atoms with E-state index in [-0.39, 0.29) is 11.5 Å². The van der Waals surface area contributed by atoms with Crippen molar-refractivity contribution in [3.8, 4) is 5.75 Å². The molecule has 1 N–H and O–H groups in total. The molecule has 2 heterocycles. The molecule has 0 saturated heterocycles. The highest BCUT2D eigenvalue weighted by molar-refractivity contribution is 7.18. The summed E-state index contributed by atoms with van der Waals surface area (Å²) in [6, 6.07) is 4.26. The summed E-state index contributed by atoms with van der Waals surface area (Å²) in [4.78, 5) is 33.0. The standard InChI is InChI=1S/C21H22ClN3O3S/c1-11(19(26)24-15-10-13(22)8-9-16(15)28-3)25-12(2)23-20-18(21(25)27)14-6-4-5-7-17(14)29-20/h8-11H,4-7H2,1-3H3,(H,24,26). The number of anilines is 1. The largest absolute Gasteiger partial charge is 0.495 e. The van der Waals surface area contributed by atoms with Crippen LogP contribution in [0, 0.1) is 6.92 Å². The predicted molar refractivity (Wildman–Crippen MR) is 117 cm³/mol. The van der Waals surface area contributed by atoms with Crippen LogP contribution in [-0.4, -0.2) is 22.6 Å². The first-order valence-electron chi connectivity index (χ1n) is 9.58. The van der Waals surface area contributed by atoms with Gasteiger partial charge in [0.05, 0.1) is 18.2 Å². The van der Waals surface area contributed by atoms with E-state index >= 15 is 0 Å². The summed E-state index contributed by atoms with van der Waals surface area (Å²) in [5.41, 5.74) is 1.43. The molecular formula is C21H22ClN3O3S. The number of aromatic nitrogens is 2. The van der Waals surface area contributed by atoms with Gasteiger partial charge in [0.1, 0.15) is 22.4 Å². The maximum Gasteiger partial charge on any atom is 0.263 e. The van der Waals surface area contributed by atoms with E-state index in [1.54, 1.807) is 43.4 Å². The lowest BCUT2D eigenvalue weighted by Gasteiger charge is -2.19. The molecule has 4 rings (SSSR count). The summed E-state index contributed by atoms with van der Waals surface area (Å²) in [6.07, 6.45) is 4.12. The number of aryl methyl sites for hydroxylation is 3. The summed E-state index contributed by atoms with van der Waals surface area (Å²) in [6.45, 7) is 3.47. The summed E-state index contributed by atoms with van der Waals surface area (Å²) >= 11 is 7.66. The maximum absolute atomic E-state index is 13.4. The van der Waals surface area contributed by atoms with Crippen LogP contribution in [0.1, 0.15) is 42.1 Å². The van der Waals surface area contributed by atoms with E-state index in [0.717, 1.165) is 36.1 Å². The van der Waals surface area contributed by atoms with Crippen molar-refractivity contribution in [2.24, 2.45) is 0 Å². The summed E-state index contributed by atoms with van der Waals surface area (Å²) in [5.74, 6) is 0.697. The first kappa shape index (κ1) is 19.9. The zero-order chi connectivity index (χ0) is 20.7. The molecule has 29 heavy (non-hydrogen) atoms. The van der Waals surface area contributed by atoms with Crippen molar-refractivity contribution in [2.75, 3.05) is 12.4 Å². The fourth-order valence-corrected chi connectivity index (χ4v) is 5.38. The number of amides is 1. The highest BCUT2D eigenvalue weighted by Crippen LogP contribution is 2.34. The third-order valence-electron chi connectivity index (χ3n) is 5.38. The van der Waals surface area contributed by atoms with E-state index in [4.69, 9.17) is 16.3 Å². The number of nitrogens with one attached hydrogen (secondary N) is 1. The highest BCUT2D eigenvalue weighted by atomic mass is 35.5. The zero-order valence-electron chi connectivity index (χ0n) is 16.5. The third kappa shape index (κ3) is 3.53. The average Bonchev–Trinajstić information content (AvgIpc) is 3.06. The van der Waals surface area contributed by atoms with E-state index < -0.39 is 6.04 Å². The molecule has 1 atom stereocenters. The Kier molecular flexibility index (Phi) is 5.36. The molecule has 2 aromatic heterocycles. The van der Waals surface area contributed by atoms with Crippen molar-refractivity contribution in [3.05, 3.63) is 49.8 Å². The molecule has 1 aliphatic carbocycles. The van der Waals surface area contributed by atoms with E-state index in [0.29, 0.717) is 27.7 Å². The van der Waals surface area contributed by atoms with Gasteiger partial charge in [-0.2, -0.15) is 0 Å². The Balaban J connectivity index is 1.73. The second kappa shape index (κ2) is 7.80. The number of hydrogen-bond acceptors (Lipinski definition) is 5. The molecule has 8 heteroatoms. The summed E-state index contributed by atoms with van der Waals surface area (Å²) in [5, 5.41) is 3.98. The number of methoxy groups -OCH3 is 1. The summed E-state index contributed by atoms with van der Waals surface area (Å²) < 4.78 is 6.77. The monoisotopic (exact) mass is 431 g/mol. The van der Waals surface area contributed by atoms with Crippen LogP contribution in [0.5, 0.6) is 5.75 Å². The van der Waals surface area contributed by atoms with Crippen molar-refractivity contribution in [3.63, 3.8) is 0 Å². The highest BCUT2D eigenvalue weighted by Gasteiger charge is 2.25. The van der Waals surface area contributed by atoms with E-state index in [1.165, 1.54) is 16.6 Å². The number of rotatable bonds is 4. The molecule has 152 valence electrons. The number of benzene rings is 1. The lowest BCUT2D eigenvalue weighted by molar-refractivity contribution is -0.118. The molecular weight excluding hydrogens is 410 g/mol. The number of halogens is 1. The van der Waals surface area contributed by atoms with Crippen molar-refractivity contribution in [1.29, 1.82) is 0 Å². The topological polar surface area (TPSA) is 73.2 Å². The number of carbonyl (C=O) groups is 1. The van der Waals surface area contributed by atoms with Gasteiger partial charge in [0, 0.05) is 9.90 Å². The van der Waals surface area contributed by atoms with Crippen LogP contribution in [-0.2, 0) is 17.6 Å². The van der Waals surface area contributed by atoms with Crippen LogP contribution < -0.4 is 15.6 Å². The lowest BCUT2D eigenvalue weighted by Crippen LogP contribution is -2.34. The van der Waals surface area contributed by atoms with Crippen molar-refractivity contribution in [2.45, 2.75) is 45.6 Å². The molecule has 1 aliphatic rings. The fourth-order valence-electron chi connectivity index (χ4n) is 3.91. The second-order valence-electron chi connectivity index (χ2n) is 7.24. The van der Waals surface area contributed by atoms with Gasteiger partial charge in [-0.25, -0.2) is 4.98 Å². The van der Waals surface area contributed by atoms with Crippen LogP contribution in [0.15, 0.2) is 23.0 Å². The number of hydrogen-bond donors (Lipinski definition) is 1. The maximum atomic E-state index is 13.4. The Labute approximate surface area is 177 Å². The van der Waals surface area contributed by atoms with Gasteiger partial charge in [0.2, 0.25) is 5.91 Å². The SMILES string of the molecule is COc1ccc(Cl)cc1NC(=O)C(C)n1c(C)nc2sc3c(c2c1=O)CCCC3.